The van der Waals surface area contributed by atoms with Gasteiger partial charge in [0.15, 0.2) is 5.65 Å². The van der Waals surface area contributed by atoms with Crippen molar-refractivity contribution in [1.82, 2.24) is 35.2 Å². The second kappa shape index (κ2) is 9.13. The lowest BCUT2D eigenvalue weighted by Crippen LogP contribution is -2.31. The zero-order valence-electron chi connectivity index (χ0n) is 19.5. The van der Waals surface area contributed by atoms with Crippen molar-refractivity contribution >= 4 is 44.3 Å². The second-order valence-electron chi connectivity index (χ2n) is 8.46. The first kappa shape index (κ1) is 22.9. The van der Waals surface area contributed by atoms with Gasteiger partial charge in [-0.15, -0.1) is 10.2 Å². The number of hydrogen-bond acceptors (Lipinski definition) is 8. The van der Waals surface area contributed by atoms with Crippen LogP contribution in [0.5, 0.6) is 0 Å². The number of tetrazole rings is 1. The Morgan fingerprint density at radius 3 is 2.78 bits per heavy atom. The molecule has 0 fully saturated rings. The molecule has 12 heteroatoms. The quantitative estimate of drug-likeness (QED) is 0.290. The maximum absolute atomic E-state index is 11.8. The third kappa shape index (κ3) is 4.20. The number of aromatic amines is 1. The zero-order chi connectivity index (χ0) is 25.5. The summed E-state index contributed by atoms with van der Waals surface area (Å²) in [6.45, 7) is 2.01. The predicted octanol–water partition coefficient (Wildman–Crippen LogP) is 4.48. The van der Waals surface area contributed by atoms with Gasteiger partial charge in [-0.25, -0.2) is 4.98 Å². The van der Waals surface area contributed by atoms with Gasteiger partial charge in [0.05, 0.1) is 10.7 Å². The monoisotopic (exact) mass is 558 g/mol. The summed E-state index contributed by atoms with van der Waals surface area (Å²) in [6, 6.07) is 17.1. The zero-order valence-corrected chi connectivity index (χ0v) is 21.0. The van der Waals surface area contributed by atoms with Crippen LogP contribution < -0.4 is 4.90 Å². The summed E-state index contributed by atoms with van der Waals surface area (Å²) in [5.74, 6) is 0.806. The molecule has 6 aromatic rings. The maximum atomic E-state index is 11.8. The molecule has 0 saturated heterocycles. The van der Waals surface area contributed by atoms with E-state index in [-0.39, 0.29) is 6.54 Å². The Hall–Kier alpha value is -4.58. The highest BCUT2D eigenvalue weighted by atomic mass is 79.9. The Kier molecular flexibility index (Phi) is 5.64. The van der Waals surface area contributed by atoms with E-state index in [2.05, 4.69) is 46.6 Å². The van der Waals surface area contributed by atoms with E-state index in [1.165, 1.54) is 0 Å². The summed E-state index contributed by atoms with van der Waals surface area (Å²) in [5.41, 5.74) is 4.62. The number of carboxylic acids is 1. The highest BCUT2D eigenvalue weighted by molar-refractivity contribution is 9.10. The number of aromatic nitrogens is 7. The number of nitrogens with zero attached hydrogens (tertiary/aromatic N) is 7. The van der Waals surface area contributed by atoms with Gasteiger partial charge in [-0.3, -0.25) is 4.79 Å². The van der Waals surface area contributed by atoms with E-state index >= 15 is 0 Å². The standard InChI is InChI=1S/C25H19BrN8O3/c1-14-10-21(34-20(28-14)8-9-27-34)33(13-22(35)36)12-15-6-7-19-18(11-15)23(26)24(37-19)16-4-2-3-5-17(16)25-29-31-32-30-25/h2-11H,12-13H2,1H3,(H,35,36)(H,29,30,31,32). The molecule has 184 valence electrons. The van der Waals surface area contributed by atoms with Crippen LogP contribution in [0, 0.1) is 6.92 Å². The molecule has 0 aliphatic rings. The largest absolute Gasteiger partial charge is 0.480 e. The summed E-state index contributed by atoms with van der Waals surface area (Å²) in [5, 5.41) is 29.2. The third-order valence-electron chi connectivity index (χ3n) is 5.94. The molecule has 0 amide bonds. The molecule has 37 heavy (non-hydrogen) atoms. The summed E-state index contributed by atoms with van der Waals surface area (Å²) in [4.78, 5) is 18.0. The first-order valence-electron chi connectivity index (χ1n) is 11.3. The van der Waals surface area contributed by atoms with E-state index in [4.69, 9.17) is 4.42 Å². The average molecular weight is 559 g/mol. The topological polar surface area (TPSA) is 138 Å². The fraction of sp³-hybridized carbons (Fsp3) is 0.120. The lowest BCUT2D eigenvalue weighted by Gasteiger charge is -2.23. The molecule has 0 aliphatic carbocycles. The van der Waals surface area contributed by atoms with Gasteiger partial charge in [-0.2, -0.15) is 14.8 Å². The second-order valence-corrected chi connectivity index (χ2v) is 9.26. The van der Waals surface area contributed by atoms with Crippen molar-refractivity contribution in [2.75, 3.05) is 11.4 Å². The van der Waals surface area contributed by atoms with Gasteiger partial charge in [-0.1, -0.05) is 30.3 Å². The molecule has 0 aliphatic heterocycles. The smallest absolute Gasteiger partial charge is 0.323 e. The van der Waals surface area contributed by atoms with Gasteiger partial charge in [0.25, 0.3) is 0 Å². The van der Waals surface area contributed by atoms with Crippen LogP contribution in [-0.2, 0) is 11.3 Å². The first-order valence-corrected chi connectivity index (χ1v) is 12.1. The predicted molar refractivity (Wildman–Crippen MR) is 139 cm³/mol. The number of furan rings is 1. The Morgan fingerprint density at radius 2 is 2.00 bits per heavy atom. The van der Waals surface area contributed by atoms with Crippen molar-refractivity contribution in [2.45, 2.75) is 13.5 Å². The Bertz CT molecular complexity index is 1760. The fourth-order valence-corrected chi connectivity index (χ4v) is 4.99. The first-order chi connectivity index (χ1) is 18.0. The highest BCUT2D eigenvalue weighted by Gasteiger charge is 2.21. The minimum absolute atomic E-state index is 0.202. The highest BCUT2D eigenvalue weighted by Crippen LogP contribution is 2.41. The minimum Gasteiger partial charge on any atom is -0.480 e. The van der Waals surface area contributed by atoms with Crippen LogP contribution >= 0.6 is 15.9 Å². The summed E-state index contributed by atoms with van der Waals surface area (Å²) < 4.78 is 8.66. The molecule has 4 heterocycles. The van der Waals surface area contributed by atoms with Crippen LogP contribution in [0.4, 0.5) is 5.82 Å². The van der Waals surface area contributed by atoms with E-state index < -0.39 is 5.97 Å². The Labute approximate surface area is 217 Å². The van der Waals surface area contributed by atoms with E-state index in [1.54, 1.807) is 21.7 Å². The van der Waals surface area contributed by atoms with Crippen molar-refractivity contribution < 1.29 is 14.3 Å². The van der Waals surface area contributed by atoms with Crippen molar-refractivity contribution in [2.24, 2.45) is 0 Å². The molecule has 0 saturated carbocycles. The number of benzene rings is 2. The molecule has 0 spiro atoms. The molecule has 2 N–H and O–H groups in total. The number of anilines is 1. The van der Waals surface area contributed by atoms with Crippen LogP contribution in [0.2, 0.25) is 0 Å². The molecule has 2 aromatic carbocycles. The van der Waals surface area contributed by atoms with E-state index in [9.17, 15) is 9.90 Å². The van der Waals surface area contributed by atoms with E-state index in [0.717, 1.165) is 32.2 Å². The molecular formula is C25H19BrN8O3. The van der Waals surface area contributed by atoms with Gasteiger partial charge >= 0.3 is 5.97 Å². The summed E-state index contributed by atoms with van der Waals surface area (Å²) in [6.07, 6.45) is 1.65. The van der Waals surface area contributed by atoms with Crippen molar-refractivity contribution in [1.29, 1.82) is 0 Å². The lowest BCUT2D eigenvalue weighted by molar-refractivity contribution is -0.135. The number of carboxylic acid groups (broad SMARTS) is 1. The number of nitrogens with one attached hydrogen (secondary N) is 1. The van der Waals surface area contributed by atoms with Crippen LogP contribution in [0.15, 0.2) is 69.7 Å². The average Bonchev–Trinajstić information content (AvgIpc) is 3.64. The van der Waals surface area contributed by atoms with Gasteiger partial charge in [0, 0.05) is 40.9 Å². The molecule has 0 radical (unpaired) electrons. The molecular weight excluding hydrogens is 540 g/mol. The Morgan fingerprint density at radius 1 is 1.16 bits per heavy atom. The molecule has 0 atom stereocenters. The number of rotatable bonds is 7. The van der Waals surface area contributed by atoms with Crippen molar-refractivity contribution in [3.63, 3.8) is 0 Å². The summed E-state index contributed by atoms with van der Waals surface area (Å²) in [7, 11) is 0. The number of carbonyl (C=O) groups is 1. The number of hydrogen-bond donors (Lipinski definition) is 2. The molecule has 0 bridgehead atoms. The van der Waals surface area contributed by atoms with E-state index in [1.807, 2.05) is 55.5 Å². The normalized spacial score (nSPS) is 11.4. The van der Waals surface area contributed by atoms with E-state index in [0.29, 0.717) is 35.2 Å². The van der Waals surface area contributed by atoms with Crippen LogP contribution in [0.1, 0.15) is 11.3 Å². The van der Waals surface area contributed by atoms with Crippen LogP contribution in [-0.4, -0.2) is 52.8 Å². The lowest BCUT2D eigenvalue weighted by atomic mass is 10.0. The fourth-order valence-electron chi connectivity index (χ4n) is 4.38. The third-order valence-corrected chi connectivity index (χ3v) is 6.73. The summed E-state index contributed by atoms with van der Waals surface area (Å²) >= 11 is 3.72. The SMILES string of the molecule is Cc1cc(N(CC(=O)O)Cc2ccc3oc(-c4ccccc4-c4nn[nH]n4)c(Br)c3c2)n2nccc2n1. The van der Waals surface area contributed by atoms with Crippen LogP contribution in [0.25, 0.3) is 39.3 Å². The van der Waals surface area contributed by atoms with Gasteiger partial charge in [-0.05, 0) is 45.8 Å². The molecule has 4 aromatic heterocycles. The number of halogens is 1. The Balaban J connectivity index is 1.41. The number of fused-ring (bicyclic) bond motifs is 2. The van der Waals surface area contributed by atoms with Crippen molar-refractivity contribution in [3.8, 4) is 22.7 Å². The minimum atomic E-state index is -0.944. The van der Waals surface area contributed by atoms with Gasteiger partial charge in [0.1, 0.15) is 23.7 Å². The van der Waals surface area contributed by atoms with Gasteiger partial charge in [0.2, 0.25) is 5.82 Å². The number of aryl methyl sites for hydroxylation is 1. The van der Waals surface area contributed by atoms with Crippen LogP contribution in [0.3, 0.4) is 0 Å². The number of aliphatic carboxylic acids is 1. The maximum Gasteiger partial charge on any atom is 0.323 e. The van der Waals surface area contributed by atoms with Gasteiger partial charge < -0.3 is 14.4 Å². The molecule has 6 rings (SSSR count). The molecule has 0 unspecified atom stereocenters. The number of H-pyrrole nitrogens is 1. The van der Waals surface area contributed by atoms with Crippen molar-refractivity contribution in [3.05, 3.63) is 76.5 Å². The molecule has 11 nitrogen and oxygen atoms in total.